The predicted octanol–water partition coefficient (Wildman–Crippen LogP) is 1.01. The number of halogens is 1. The molecule has 28 heavy (non-hydrogen) atoms. The third kappa shape index (κ3) is 12.7. The van der Waals surface area contributed by atoms with Gasteiger partial charge in [0.25, 0.3) is 0 Å². The van der Waals surface area contributed by atoms with Gasteiger partial charge in [0.2, 0.25) is 5.91 Å². The van der Waals surface area contributed by atoms with Crippen molar-refractivity contribution in [1.29, 1.82) is 0 Å². The fourth-order valence-electron chi connectivity index (χ4n) is 2.59. The summed E-state index contributed by atoms with van der Waals surface area (Å²) in [5.41, 5.74) is 0.0812. The summed E-state index contributed by atoms with van der Waals surface area (Å²) < 4.78 is 10.6. The second-order valence-corrected chi connectivity index (χ2v) is 7.95. The highest BCUT2D eigenvalue weighted by molar-refractivity contribution is 14.0. The fourth-order valence-corrected chi connectivity index (χ4v) is 2.59. The molecule has 0 aromatic heterocycles. The van der Waals surface area contributed by atoms with Crippen molar-refractivity contribution in [3.63, 3.8) is 0 Å². The van der Waals surface area contributed by atoms with E-state index in [1.165, 1.54) is 0 Å². The molecule has 0 aliphatic carbocycles. The molecule has 0 radical (unpaired) electrons. The van der Waals surface area contributed by atoms with Crippen molar-refractivity contribution >= 4 is 35.8 Å². The van der Waals surface area contributed by atoms with Crippen LogP contribution in [0.4, 0.5) is 0 Å². The molecule has 0 atom stereocenters. The molecule has 166 valence electrons. The number of hydrogen-bond acceptors (Lipinski definition) is 5. The van der Waals surface area contributed by atoms with Gasteiger partial charge in [-0.15, -0.1) is 24.0 Å². The van der Waals surface area contributed by atoms with Crippen LogP contribution in [-0.4, -0.2) is 102 Å². The molecule has 1 amide bonds. The summed E-state index contributed by atoms with van der Waals surface area (Å²) in [5.74, 6) is 0.681. The first-order chi connectivity index (χ1) is 12.8. The van der Waals surface area contributed by atoms with Gasteiger partial charge in [-0.3, -0.25) is 9.69 Å². The fraction of sp³-hybridized carbons (Fsp3) is 0.895. The van der Waals surface area contributed by atoms with Crippen LogP contribution in [0.5, 0.6) is 0 Å². The molecule has 0 unspecified atom stereocenters. The molecule has 8 nitrogen and oxygen atoms in total. The Morgan fingerprint density at radius 2 is 1.93 bits per heavy atom. The number of morpholine rings is 1. The number of rotatable bonds is 11. The molecular weight excluding hydrogens is 473 g/mol. The first-order valence-electron chi connectivity index (χ1n) is 9.85. The maximum absolute atomic E-state index is 11.9. The summed E-state index contributed by atoms with van der Waals surface area (Å²) in [7, 11) is 5.21. The zero-order chi connectivity index (χ0) is 20.1. The van der Waals surface area contributed by atoms with Crippen LogP contribution < -0.4 is 10.6 Å². The van der Waals surface area contributed by atoms with Crippen molar-refractivity contribution in [3.8, 4) is 0 Å². The van der Waals surface area contributed by atoms with Gasteiger partial charge >= 0.3 is 0 Å². The maximum atomic E-state index is 11.9. The number of likely N-dealkylation sites (N-methyl/N-ethyl adjacent to an activating group) is 1. The van der Waals surface area contributed by atoms with E-state index in [-0.39, 0.29) is 41.8 Å². The average Bonchev–Trinajstić information content (AvgIpc) is 2.65. The summed E-state index contributed by atoms with van der Waals surface area (Å²) in [6.45, 7) is 11.5. The van der Waals surface area contributed by atoms with Gasteiger partial charge in [-0.25, -0.2) is 4.99 Å². The van der Waals surface area contributed by atoms with E-state index in [0.717, 1.165) is 65.4 Å². The molecule has 0 saturated carbocycles. The van der Waals surface area contributed by atoms with Gasteiger partial charge in [0.1, 0.15) is 6.54 Å². The third-order valence-electron chi connectivity index (χ3n) is 4.64. The highest BCUT2D eigenvalue weighted by atomic mass is 127. The molecule has 0 bridgehead atoms. The Kier molecular flexibility index (Phi) is 14.9. The molecular formula is C19H40IN5O3. The van der Waals surface area contributed by atoms with Gasteiger partial charge in [0.05, 0.1) is 13.2 Å². The van der Waals surface area contributed by atoms with Gasteiger partial charge in [-0.2, -0.15) is 0 Å². The summed E-state index contributed by atoms with van der Waals surface area (Å²) in [6.07, 6.45) is 1.98. The minimum atomic E-state index is -0.0111. The highest BCUT2D eigenvalue weighted by Crippen LogP contribution is 2.18. The molecule has 0 spiro atoms. The summed E-state index contributed by atoms with van der Waals surface area (Å²) >= 11 is 0. The lowest BCUT2D eigenvalue weighted by atomic mass is 9.90. The first kappa shape index (κ1) is 27.4. The molecule has 0 aromatic carbocycles. The minimum absolute atomic E-state index is 0. The zero-order valence-corrected chi connectivity index (χ0v) is 20.6. The zero-order valence-electron chi connectivity index (χ0n) is 18.3. The number of hydrogen-bond donors (Lipinski definition) is 2. The Balaban J connectivity index is 0.00000729. The smallest absolute Gasteiger partial charge is 0.243 e. The van der Waals surface area contributed by atoms with E-state index in [9.17, 15) is 4.79 Å². The maximum Gasteiger partial charge on any atom is 0.243 e. The number of nitrogens with one attached hydrogen (secondary N) is 2. The van der Waals surface area contributed by atoms with Gasteiger partial charge in [-0.1, -0.05) is 13.8 Å². The van der Waals surface area contributed by atoms with Crippen molar-refractivity contribution in [1.82, 2.24) is 20.4 Å². The Morgan fingerprint density at radius 1 is 1.25 bits per heavy atom. The monoisotopic (exact) mass is 513 g/mol. The minimum Gasteiger partial charge on any atom is -0.385 e. The number of ether oxygens (including phenoxy) is 2. The summed E-state index contributed by atoms with van der Waals surface area (Å²) in [5, 5.41) is 6.74. The lowest BCUT2D eigenvalue weighted by Crippen LogP contribution is -2.44. The van der Waals surface area contributed by atoms with Crippen LogP contribution in [-0.2, 0) is 14.3 Å². The summed E-state index contributed by atoms with van der Waals surface area (Å²) in [6, 6.07) is 0. The topological polar surface area (TPSA) is 78.4 Å². The molecule has 1 aliphatic heterocycles. The Hall–Kier alpha value is -0.650. The van der Waals surface area contributed by atoms with Crippen molar-refractivity contribution in [2.45, 2.75) is 26.7 Å². The van der Waals surface area contributed by atoms with Crippen LogP contribution in [0.15, 0.2) is 4.99 Å². The molecule has 0 aromatic rings. The van der Waals surface area contributed by atoms with E-state index in [4.69, 9.17) is 9.47 Å². The number of nitrogens with zero attached hydrogens (tertiary/aromatic N) is 3. The molecule has 1 heterocycles. The second kappa shape index (κ2) is 15.2. The van der Waals surface area contributed by atoms with Crippen LogP contribution in [0.25, 0.3) is 0 Å². The van der Waals surface area contributed by atoms with Crippen LogP contribution in [0, 0.1) is 5.41 Å². The standard InChI is InChI=1S/C19H39N5O3.HI/c1-19(2,7-12-26-5)16-22-18(21-15-17(25)23(3)4)20-8-6-9-24-10-13-27-14-11-24;/h6-16H2,1-5H3,(H2,20,21,22);1H. The normalized spacial score (nSPS) is 15.7. The lowest BCUT2D eigenvalue weighted by Gasteiger charge is -2.27. The highest BCUT2D eigenvalue weighted by Gasteiger charge is 2.18. The van der Waals surface area contributed by atoms with Gasteiger partial charge in [-0.05, 0) is 24.8 Å². The van der Waals surface area contributed by atoms with E-state index in [1.54, 1.807) is 26.1 Å². The van der Waals surface area contributed by atoms with Crippen molar-refractivity contribution in [2.75, 3.05) is 80.3 Å². The van der Waals surface area contributed by atoms with E-state index < -0.39 is 0 Å². The van der Waals surface area contributed by atoms with Gasteiger partial charge in [0, 0.05) is 54.0 Å². The molecule has 9 heteroatoms. The largest absolute Gasteiger partial charge is 0.385 e. The SMILES string of the molecule is COCCC(C)(C)CNC(=NCC(=O)N(C)C)NCCCN1CCOCC1.I. The van der Waals surface area contributed by atoms with Gasteiger partial charge < -0.3 is 25.0 Å². The number of carbonyl (C=O) groups excluding carboxylic acids is 1. The predicted molar refractivity (Wildman–Crippen MR) is 125 cm³/mol. The van der Waals surface area contributed by atoms with E-state index in [0.29, 0.717) is 5.96 Å². The van der Waals surface area contributed by atoms with Crippen LogP contribution in [0.1, 0.15) is 26.7 Å². The first-order valence-corrected chi connectivity index (χ1v) is 9.85. The van der Waals surface area contributed by atoms with Crippen LogP contribution in [0.3, 0.4) is 0 Å². The van der Waals surface area contributed by atoms with Crippen molar-refractivity contribution in [2.24, 2.45) is 10.4 Å². The van der Waals surface area contributed by atoms with Gasteiger partial charge in [0.15, 0.2) is 5.96 Å². The Morgan fingerprint density at radius 3 is 2.54 bits per heavy atom. The van der Waals surface area contributed by atoms with E-state index in [1.807, 2.05) is 0 Å². The second-order valence-electron chi connectivity index (χ2n) is 7.95. The Labute approximate surface area is 187 Å². The average molecular weight is 513 g/mol. The lowest BCUT2D eigenvalue weighted by molar-refractivity contribution is -0.127. The molecule has 1 fully saturated rings. The summed E-state index contributed by atoms with van der Waals surface area (Å²) in [4.78, 5) is 20.3. The quantitative estimate of drug-likeness (QED) is 0.186. The van der Waals surface area contributed by atoms with E-state index in [2.05, 4.69) is 34.4 Å². The molecule has 1 rings (SSSR count). The number of amides is 1. The third-order valence-corrected chi connectivity index (χ3v) is 4.64. The number of guanidine groups is 1. The van der Waals surface area contributed by atoms with Crippen molar-refractivity contribution in [3.05, 3.63) is 0 Å². The van der Waals surface area contributed by atoms with E-state index >= 15 is 0 Å². The Bertz CT molecular complexity index is 455. The van der Waals surface area contributed by atoms with Crippen LogP contribution in [0.2, 0.25) is 0 Å². The molecule has 2 N–H and O–H groups in total. The number of methoxy groups -OCH3 is 1. The number of carbonyl (C=O) groups is 1. The molecule has 1 saturated heterocycles. The number of aliphatic imine (C=N–C) groups is 1. The van der Waals surface area contributed by atoms with Crippen LogP contribution >= 0.6 is 24.0 Å². The van der Waals surface area contributed by atoms with Crippen molar-refractivity contribution < 1.29 is 14.3 Å². The molecule has 1 aliphatic rings.